The summed E-state index contributed by atoms with van der Waals surface area (Å²) in [6, 6.07) is 21.3. The van der Waals surface area contributed by atoms with Crippen LogP contribution in [0.1, 0.15) is 17.0 Å². The number of carbonyl (C=O) groups is 1. The predicted molar refractivity (Wildman–Crippen MR) is 148 cm³/mol. The Hall–Kier alpha value is -4.50. The van der Waals surface area contributed by atoms with Crippen LogP contribution in [0.2, 0.25) is 0 Å². The number of nitrogens with zero attached hydrogens (tertiary/aromatic N) is 4. The Bertz CT molecular complexity index is 1550. The molecule has 1 amide bonds. The van der Waals surface area contributed by atoms with Crippen molar-refractivity contribution in [3.63, 3.8) is 0 Å². The molecular formula is C27H20IN5O4. The number of benzene rings is 2. The number of ether oxygens (including phenoxy) is 1. The molecule has 0 aliphatic rings. The first kappa shape index (κ1) is 25.6. The zero-order valence-corrected chi connectivity index (χ0v) is 22.0. The van der Waals surface area contributed by atoms with E-state index in [1.165, 1.54) is 12.1 Å². The van der Waals surface area contributed by atoms with E-state index >= 15 is 0 Å². The largest absolute Gasteiger partial charge is 0.439 e. The SMILES string of the molecule is Cc1cc(/C=C(\C#N)C(=O)Nc2cccc(I)c2)c(C)n1-c1ccc(Oc2ccc([N+](=O)[O-])cn2)cc1. The lowest BCUT2D eigenvalue weighted by Crippen LogP contribution is -2.13. The van der Waals surface area contributed by atoms with Gasteiger partial charge in [-0.2, -0.15) is 5.26 Å². The highest BCUT2D eigenvalue weighted by atomic mass is 127. The fourth-order valence-electron chi connectivity index (χ4n) is 3.72. The van der Waals surface area contributed by atoms with Crippen LogP contribution in [0.5, 0.6) is 11.6 Å². The van der Waals surface area contributed by atoms with E-state index in [0.717, 1.165) is 32.4 Å². The predicted octanol–water partition coefficient (Wildman–Crippen LogP) is 6.34. The summed E-state index contributed by atoms with van der Waals surface area (Å²) >= 11 is 2.16. The Morgan fingerprint density at radius 3 is 2.54 bits per heavy atom. The van der Waals surface area contributed by atoms with E-state index in [-0.39, 0.29) is 17.1 Å². The second-order valence-corrected chi connectivity index (χ2v) is 9.25. The second kappa shape index (κ2) is 11.0. The molecule has 0 fully saturated rings. The van der Waals surface area contributed by atoms with Crippen LogP contribution in [0.3, 0.4) is 0 Å². The number of nitrogens with one attached hydrogen (secondary N) is 1. The van der Waals surface area contributed by atoms with Crippen molar-refractivity contribution in [2.24, 2.45) is 0 Å². The number of halogens is 1. The maximum Gasteiger partial charge on any atom is 0.287 e. The quantitative estimate of drug-likeness (QED) is 0.0863. The van der Waals surface area contributed by atoms with E-state index in [0.29, 0.717) is 11.4 Å². The third-order valence-corrected chi connectivity index (χ3v) is 6.14. The monoisotopic (exact) mass is 605 g/mol. The van der Waals surface area contributed by atoms with Gasteiger partial charge in [-0.3, -0.25) is 14.9 Å². The van der Waals surface area contributed by atoms with Crippen LogP contribution in [0.15, 0.2) is 78.5 Å². The van der Waals surface area contributed by atoms with Crippen LogP contribution in [-0.2, 0) is 4.79 Å². The van der Waals surface area contributed by atoms with Gasteiger partial charge in [0.15, 0.2) is 0 Å². The van der Waals surface area contributed by atoms with Gasteiger partial charge < -0.3 is 14.6 Å². The molecule has 0 aliphatic carbocycles. The van der Waals surface area contributed by atoms with Crippen LogP contribution < -0.4 is 10.1 Å². The maximum atomic E-state index is 12.7. The number of hydrogen-bond acceptors (Lipinski definition) is 6. The van der Waals surface area contributed by atoms with Crippen molar-refractivity contribution in [3.05, 3.63) is 109 Å². The molecule has 0 radical (unpaired) electrons. The summed E-state index contributed by atoms with van der Waals surface area (Å²) in [6.45, 7) is 3.85. The molecule has 4 aromatic rings. The first-order chi connectivity index (χ1) is 17.7. The van der Waals surface area contributed by atoms with E-state index < -0.39 is 10.8 Å². The Balaban J connectivity index is 1.54. The maximum absolute atomic E-state index is 12.7. The Morgan fingerprint density at radius 2 is 1.92 bits per heavy atom. The van der Waals surface area contributed by atoms with E-state index in [1.54, 1.807) is 24.3 Å². The Morgan fingerprint density at radius 1 is 1.16 bits per heavy atom. The molecule has 0 saturated carbocycles. The average Bonchev–Trinajstić information content (AvgIpc) is 3.15. The zero-order chi connectivity index (χ0) is 26.5. The van der Waals surface area contributed by atoms with Gasteiger partial charge in [-0.15, -0.1) is 0 Å². The lowest BCUT2D eigenvalue weighted by molar-refractivity contribution is -0.385. The van der Waals surface area contributed by atoms with Crippen molar-refractivity contribution < 1.29 is 14.5 Å². The molecule has 2 heterocycles. The summed E-state index contributed by atoms with van der Waals surface area (Å²) in [5.74, 6) is 0.286. The minimum Gasteiger partial charge on any atom is -0.439 e. The van der Waals surface area contributed by atoms with Crippen molar-refractivity contribution in [1.29, 1.82) is 5.26 Å². The summed E-state index contributed by atoms with van der Waals surface area (Å²) in [7, 11) is 0. The normalized spacial score (nSPS) is 11.0. The van der Waals surface area contributed by atoms with Gasteiger partial charge in [0.2, 0.25) is 5.88 Å². The van der Waals surface area contributed by atoms with Crippen molar-refractivity contribution >= 4 is 45.9 Å². The van der Waals surface area contributed by atoms with Crippen LogP contribution in [0.25, 0.3) is 11.8 Å². The topological polar surface area (TPSA) is 123 Å². The second-order valence-electron chi connectivity index (χ2n) is 8.00. The number of anilines is 1. The highest BCUT2D eigenvalue weighted by molar-refractivity contribution is 14.1. The van der Waals surface area contributed by atoms with Crippen molar-refractivity contribution in [3.8, 4) is 23.4 Å². The molecule has 9 nitrogen and oxygen atoms in total. The summed E-state index contributed by atoms with van der Waals surface area (Å²) in [5.41, 5.74) is 3.90. The van der Waals surface area contributed by atoms with Crippen molar-refractivity contribution in [2.75, 3.05) is 5.32 Å². The van der Waals surface area contributed by atoms with Crippen molar-refractivity contribution in [2.45, 2.75) is 13.8 Å². The van der Waals surface area contributed by atoms with Gasteiger partial charge in [-0.25, -0.2) is 4.98 Å². The molecule has 0 bridgehead atoms. The van der Waals surface area contributed by atoms with Gasteiger partial charge >= 0.3 is 0 Å². The van der Waals surface area contributed by atoms with Crippen molar-refractivity contribution in [1.82, 2.24) is 9.55 Å². The molecule has 2 aromatic heterocycles. The molecule has 2 aromatic carbocycles. The summed E-state index contributed by atoms with van der Waals surface area (Å²) in [6.07, 6.45) is 2.72. The number of hydrogen-bond donors (Lipinski definition) is 1. The third-order valence-electron chi connectivity index (χ3n) is 5.47. The fourth-order valence-corrected chi connectivity index (χ4v) is 4.27. The molecule has 10 heteroatoms. The Labute approximate surface area is 226 Å². The molecule has 0 saturated heterocycles. The molecule has 0 atom stereocenters. The van der Waals surface area contributed by atoms with Gasteiger partial charge in [0, 0.05) is 38.5 Å². The number of aryl methyl sites for hydroxylation is 1. The number of pyridine rings is 1. The van der Waals surface area contributed by atoms with Crippen LogP contribution in [0, 0.1) is 38.9 Å². The molecular weight excluding hydrogens is 585 g/mol. The minimum absolute atomic E-state index is 0.00143. The molecule has 0 aliphatic heterocycles. The molecule has 4 rings (SSSR count). The molecule has 184 valence electrons. The lowest BCUT2D eigenvalue weighted by atomic mass is 10.1. The molecule has 0 unspecified atom stereocenters. The number of carbonyl (C=O) groups excluding carboxylic acids is 1. The first-order valence-electron chi connectivity index (χ1n) is 11.0. The highest BCUT2D eigenvalue weighted by Gasteiger charge is 2.15. The average molecular weight is 605 g/mol. The van der Waals surface area contributed by atoms with Gasteiger partial charge in [0.1, 0.15) is 23.6 Å². The lowest BCUT2D eigenvalue weighted by Gasteiger charge is -2.11. The molecule has 37 heavy (non-hydrogen) atoms. The first-order valence-corrected chi connectivity index (χ1v) is 12.1. The summed E-state index contributed by atoms with van der Waals surface area (Å²) in [4.78, 5) is 26.9. The smallest absolute Gasteiger partial charge is 0.287 e. The standard InChI is InChI=1S/C27H20IN5O4/c1-17-12-19(13-20(15-29)27(34)31-22-5-3-4-21(28)14-22)18(2)32(17)23-6-9-25(10-7-23)37-26-11-8-24(16-30-26)33(35)36/h3-14,16H,1-2H3,(H,31,34)/b20-13+. The van der Waals surface area contributed by atoms with Gasteiger partial charge in [0.05, 0.1) is 4.92 Å². The number of aromatic nitrogens is 2. The third kappa shape index (κ3) is 6.02. The molecule has 0 spiro atoms. The number of amides is 1. The highest BCUT2D eigenvalue weighted by Crippen LogP contribution is 2.27. The van der Waals surface area contributed by atoms with Gasteiger partial charge in [0.25, 0.3) is 11.6 Å². The van der Waals surface area contributed by atoms with Gasteiger partial charge in [-0.05, 0) is 96.6 Å². The van der Waals surface area contributed by atoms with Crippen LogP contribution in [-0.4, -0.2) is 20.4 Å². The summed E-state index contributed by atoms with van der Waals surface area (Å²) in [5, 5.41) is 23.2. The number of rotatable bonds is 7. The van der Waals surface area contributed by atoms with Crippen LogP contribution in [0.4, 0.5) is 11.4 Å². The van der Waals surface area contributed by atoms with E-state index in [9.17, 15) is 20.2 Å². The van der Waals surface area contributed by atoms with E-state index in [1.807, 2.05) is 60.9 Å². The summed E-state index contributed by atoms with van der Waals surface area (Å²) < 4.78 is 8.67. The number of nitriles is 1. The van der Waals surface area contributed by atoms with Gasteiger partial charge in [-0.1, -0.05) is 6.07 Å². The van der Waals surface area contributed by atoms with Crippen LogP contribution >= 0.6 is 22.6 Å². The molecule has 1 N–H and O–H groups in total. The fraction of sp³-hybridized carbons (Fsp3) is 0.0741. The van der Waals surface area contributed by atoms with E-state index in [2.05, 4.69) is 32.9 Å². The zero-order valence-electron chi connectivity index (χ0n) is 19.8. The number of nitro groups is 1. The van der Waals surface area contributed by atoms with E-state index in [4.69, 9.17) is 4.74 Å². The Kier molecular flexibility index (Phi) is 7.64. The minimum atomic E-state index is -0.521.